The molecule has 1 aromatic rings. The third kappa shape index (κ3) is 4.69. The molecule has 0 amide bonds. The Bertz CT molecular complexity index is 345. The molecule has 0 bridgehead atoms. The van der Waals surface area contributed by atoms with Gasteiger partial charge in [-0.2, -0.15) is 4.98 Å². The minimum atomic E-state index is -1.14. The van der Waals surface area contributed by atoms with Crippen LogP contribution in [-0.4, -0.2) is 35.5 Å². The summed E-state index contributed by atoms with van der Waals surface area (Å²) in [5.74, 6) is 0.313. The van der Waals surface area contributed by atoms with E-state index in [1.807, 2.05) is 0 Å². The van der Waals surface area contributed by atoms with Crippen LogP contribution in [0.5, 0.6) is 0 Å². The Morgan fingerprint density at radius 1 is 1.62 bits per heavy atom. The SMILES string of the molecule is CSOCC(F)CNc1nc(Cl)ncc1Cl. The van der Waals surface area contributed by atoms with Crippen molar-refractivity contribution >= 4 is 41.1 Å². The number of alkyl halides is 1. The van der Waals surface area contributed by atoms with Gasteiger partial charge >= 0.3 is 0 Å². The summed E-state index contributed by atoms with van der Waals surface area (Å²) < 4.78 is 18.0. The van der Waals surface area contributed by atoms with E-state index in [9.17, 15) is 4.39 Å². The second kappa shape index (κ2) is 7.11. The maximum absolute atomic E-state index is 13.2. The van der Waals surface area contributed by atoms with Gasteiger partial charge in [-0.15, -0.1) is 0 Å². The maximum atomic E-state index is 13.2. The van der Waals surface area contributed by atoms with Gasteiger partial charge in [-0.1, -0.05) is 11.6 Å². The summed E-state index contributed by atoms with van der Waals surface area (Å²) in [6.45, 7) is 0.0538. The second-order valence-electron chi connectivity index (χ2n) is 2.76. The molecule has 1 N–H and O–H groups in total. The summed E-state index contributed by atoms with van der Waals surface area (Å²) in [4.78, 5) is 7.50. The van der Waals surface area contributed by atoms with Gasteiger partial charge in [-0.25, -0.2) is 9.37 Å². The van der Waals surface area contributed by atoms with Gasteiger partial charge in [0.15, 0.2) is 0 Å². The van der Waals surface area contributed by atoms with Crippen LogP contribution in [0.25, 0.3) is 0 Å². The average Bonchev–Trinajstić information content (AvgIpc) is 2.27. The number of aromatic nitrogens is 2. The van der Waals surface area contributed by atoms with Gasteiger partial charge in [0.1, 0.15) is 17.0 Å². The van der Waals surface area contributed by atoms with Crippen LogP contribution in [0.15, 0.2) is 6.20 Å². The van der Waals surface area contributed by atoms with E-state index in [0.717, 1.165) is 12.0 Å². The number of nitrogens with one attached hydrogen (secondary N) is 1. The van der Waals surface area contributed by atoms with Crippen LogP contribution in [-0.2, 0) is 4.18 Å². The highest BCUT2D eigenvalue weighted by atomic mass is 35.5. The van der Waals surface area contributed by atoms with E-state index in [1.54, 1.807) is 6.26 Å². The molecule has 1 aromatic heterocycles. The molecule has 0 aliphatic heterocycles. The van der Waals surface area contributed by atoms with E-state index in [1.165, 1.54) is 6.20 Å². The van der Waals surface area contributed by atoms with Crippen molar-refractivity contribution in [3.05, 3.63) is 16.5 Å². The molecule has 0 saturated carbocycles. The zero-order valence-electron chi connectivity index (χ0n) is 8.41. The lowest BCUT2D eigenvalue weighted by molar-refractivity contribution is 0.230. The van der Waals surface area contributed by atoms with Crippen molar-refractivity contribution in [2.75, 3.05) is 24.7 Å². The summed E-state index contributed by atoms with van der Waals surface area (Å²) in [5.41, 5.74) is 0. The molecular formula is C8H10Cl2FN3OS. The van der Waals surface area contributed by atoms with Crippen LogP contribution < -0.4 is 5.32 Å². The van der Waals surface area contributed by atoms with Gasteiger partial charge in [0.25, 0.3) is 0 Å². The van der Waals surface area contributed by atoms with Gasteiger partial charge in [-0.3, -0.25) is 0 Å². The highest BCUT2D eigenvalue weighted by Gasteiger charge is 2.09. The standard InChI is InChI=1S/C8H10Cl2FN3OS/c1-16-15-4-5(11)2-12-7-6(9)3-13-8(10)14-7/h3,5H,2,4H2,1H3,(H,12,13,14). The average molecular weight is 286 g/mol. The van der Waals surface area contributed by atoms with E-state index < -0.39 is 6.17 Å². The number of halogens is 3. The van der Waals surface area contributed by atoms with Crippen molar-refractivity contribution in [2.24, 2.45) is 0 Å². The van der Waals surface area contributed by atoms with E-state index in [4.69, 9.17) is 27.4 Å². The molecule has 0 fully saturated rings. The van der Waals surface area contributed by atoms with Gasteiger partial charge in [0, 0.05) is 12.8 Å². The van der Waals surface area contributed by atoms with Crippen LogP contribution in [0, 0.1) is 0 Å². The van der Waals surface area contributed by atoms with Crippen molar-refractivity contribution in [1.82, 2.24) is 9.97 Å². The summed E-state index contributed by atoms with van der Waals surface area (Å²) in [7, 11) is 0. The van der Waals surface area contributed by atoms with Crippen LogP contribution in [0.1, 0.15) is 0 Å². The molecule has 4 nitrogen and oxygen atoms in total. The number of rotatable bonds is 6. The molecule has 1 rings (SSSR count). The quantitative estimate of drug-likeness (QED) is 0.643. The Balaban J connectivity index is 2.44. The molecule has 1 heterocycles. The number of hydrogen-bond acceptors (Lipinski definition) is 5. The lowest BCUT2D eigenvalue weighted by Crippen LogP contribution is -2.20. The third-order valence-electron chi connectivity index (χ3n) is 1.57. The minimum Gasteiger partial charge on any atom is -0.366 e. The molecule has 0 saturated heterocycles. The summed E-state index contributed by atoms with van der Waals surface area (Å²) in [6.07, 6.45) is 1.93. The summed E-state index contributed by atoms with van der Waals surface area (Å²) >= 11 is 12.5. The Hall–Kier alpha value is -0.300. The molecule has 16 heavy (non-hydrogen) atoms. The Morgan fingerprint density at radius 2 is 2.38 bits per heavy atom. The van der Waals surface area contributed by atoms with Crippen molar-refractivity contribution < 1.29 is 8.57 Å². The van der Waals surface area contributed by atoms with Crippen LogP contribution in [0.4, 0.5) is 10.2 Å². The highest BCUT2D eigenvalue weighted by molar-refractivity contribution is 7.93. The van der Waals surface area contributed by atoms with E-state index in [0.29, 0.717) is 10.8 Å². The summed E-state index contributed by atoms with van der Waals surface area (Å²) in [5, 5.41) is 3.08. The zero-order chi connectivity index (χ0) is 12.0. The smallest absolute Gasteiger partial charge is 0.224 e. The Morgan fingerprint density at radius 3 is 3.06 bits per heavy atom. The number of anilines is 1. The fraction of sp³-hybridized carbons (Fsp3) is 0.500. The van der Waals surface area contributed by atoms with Gasteiger partial charge < -0.3 is 9.50 Å². The van der Waals surface area contributed by atoms with Crippen LogP contribution >= 0.6 is 35.2 Å². The molecule has 1 atom stereocenters. The lowest BCUT2D eigenvalue weighted by Gasteiger charge is -2.10. The third-order valence-corrected chi connectivity index (χ3v) is 2.40. The summed E-state index contributed by atoms with van der Waals surface area (Å²) in [6, 6.07) is 0. The monoisotopic (exact) mass is 285 g/mol. The zero-order valence-corrected chi connectivity index (χ0v) is 10.7. The molecule has 0 aromatic carbocycles. The largest absolute Gasteiger partial charge is 0.366 e. The predicted octanol–water partition coefficient (Wildman–Crippen LogP) is 2.83. The fourth-order valence-corrected chi connectivity index (χ4v) is 1.45. The van der Waals surface area contributed by atoms with Crippen molar-refractivity contribution in [1.29, 1.82) is 0 Å². The normalized spacial score (nSPS) is 12.5. The Kier molecular flexibility index (Phi) is 6.12. The maximum Gasteiger partial charge on any atom is 0.224 e. The first-order chi connectivity index (χ1) is 7.63. The first-order valence-corrected chi connectivity index (χ1v) is 6.25. The molecule has 8 heteroatoms. The second-order valence-corrected chi connectivity index (χ2v) is 4.08. The number of hydrogen-bond donors (Lipinski definition) is 1. The van der Waals surface area contributed by atoms with E-state index in [2.05, 4.69) is 15.3 Å². The number of nitrogens with zero attached hydrogens (tertiary/aromatic N) is 2. The predicted molar refractivity (Wildman–Crippen MR) is 64.9 cm³/mol. The van der Waals surface area contributed by atoms with Crippen LogP contribution in [0.3, 0.4) is 0 Å². The van der Waals surface area contributed by atoms with Crippen molar-refractivity contribution in [3.8, 4) is 0 Å². The lowest BCUT2D eigenvalue weighted by atomic mass is 10.4. The topological polar surface area (TPSA) is 47.0 Å². The first kappa shape index (κ1) is 13.8. The van der Waals surface area contributed by atoms with Crippen LogP contribution in [0.2, 0.25) is 10.3 Å². The van der Waals surface area contributed by atoms with Gasteiger partial charge in [0.05, 0.1) is 12.8 Å². The molecule has 0 radical (unpaired) electrons. The van der Waals surface area contributed by atoms with Crippen molar-refractivity contribution in [2.45, 2.75) is 6.17 Å². The van der Waals surface area contributed by atoms with E-state index in [-0.39, 0.29) is 18.4 Å². The first-order valence-electron chi connectivity index (χ1n) is 4.35. The van der Waals surface area contributed by atoms with E-state index >= 15 is 0 Å². The Labute approximate surface area is 107 Å². The molecule has 0 aliphatic rings. The molecule has 0 spiro atoms. The highest BCUT2D eigenvalue weighted by Crippen LogP contribution is 2.19. The minimum absolute atomic E-state index is 0.00456. The molecule has 90 valence electrons. The molecule has 1 unspecified atom stereocenters. The fourth-order valence-electron chi connectivity index (χ4n) is 0.878. The molecular weight excluding hydrogens is 276 g/mol. The molecule has 0 aliphatic carbocycles. The van der Waals surface area contributed by atoms with Gasteiger partial charge in [-0.05, 0) is 23.6 Å². The van der Waals surface area contributed by atoms with Crippen molar-refractivity contribution in [3.63, 3.8) is 0 Å². The van der Waals surface area contributed by atoms with Gasteiger partial charge in [0.2, 0.25) is 5.28 Å².